The van der Waals surface area contributed by atoms with Crippen LogP contribution >= 0.6 is 0 Å². The molecule has 2 N–H and O–H groups in total. The summed E-state index contributed by atoms with van der Waals surface area (Å²) in [6.45, 7) is 4.40. The Morgan fingerprint density at radius 2 is 2.29 bits per heavy atom. The second-order valence-electron chi connectivity index (χ2n) is 6.44. The monoisotopic (exact) mass is 288 g/mol. The van der Waals surface area contributed by atoms with Crippen molar-refractivity contribution >= 4 is 11.6 Å². The van der Waals surface area contributed by atoms with E-state index < -0.39 is 0 Å². The van der Waals surface area contributed by atoms with Crippen LogP contribution in [-0.4, -0.2) is 19.1 Å². The Kier molecular flexibility index (Phi) is 4.44. The van der Waals surface area contributed by atoms with Crippen LogP contribution in [0.2, 0.25) is 0 Å². The zero-order chi connectivity index (χ0) is 14.7. The van der Waals surface area contributed by atoms with Crippen LogP contribution in [-0.2, 0) is 11.3 Å². The molecule has 1 amide bonds. The number of carbonyl (C=O) groups excluding carboxylic acids is 1. The third-order valence-corrected chi connectivity index (χ3v) is 4.48. The number of nitrogens with one attached hydrogen (secondary N) is 2. The van der Waals surface area contributed by atoms with Crippen molar-refractivity contribution in [1.82, 2.24) is 5.32 Å². The van der Waals surface area contributed by atoms with E-state index >= 15 is 0 Å². The maximum absolute atomic E-state index is 11.3. The Morgan fingerprint density at radius 1 is 1.38 bits per heavy atom. The lowest BCUT2D eigenvalue weighted by atomic mass is 9.82. The average molecular weight is 288 g/mol. The number of rotatable bonds is 4. The van der Waals surface area contributed by atoms with E-state index in [1.54, 1.807) is 0 Å². The summed E-state index contributed by atoms with van der Waals surface area (Å²) in [6, 6.07) is 6.00. The third kappa shape index (κ3) is 3.76. The summed E-state index contributed by atoms with van der Waals surface area (Å²) in [5, 5.41) is 6.41. The van der Waals surface area contributed by atoms with Crippen molar-refractivity contribution in [3.8, 4) is 5.75 Å². The van der Waals surface area contributed by atoms with E-state index in [4.69, 9.17) is 4.74 Å². The van der Waals surface area contributed by atoms with Crippen molar-refractivity contribution in [2.45, 2.75) is 39.2 Å². The van der Waals surface area contributed by atoms with Crippen LogP contribution < -0.4 is 15.4 Å². The zero-order valence-corrected chi connectivity index (χ0v) is 12.7. The first-order chi connectivity index (χ1) is 10.2. The summed E-state index contributed by atoms with van der Waals surface area (Å²) < 4.78 is 5.37. The van der Waals surface area contributed by atoms with Gasteiger partial charge in [-0.3, -0.25) is 4.79 Å². The Bertz CT molecular complexity index is 516. The maximum Gasteiger partial charge on any atom is 0.262 e. The number of ether oxygens (including phenoxy) is 1. The quantitative estimate of drug-likeness (QED) is 0.895. The molecule has 4 nitrogen and oxygen atoms in total. The molecule has 2 aliphatic rings. The van der Waals surface area contributed by atoms with Crippen LogP contribution in [0.25, 0.3) is 0 Å². The minimum absolute atomic E-state index is 0.0798. The summed E-state index contributed by atoms with van der Waals surface area (Å²) >= 11 is 0. The molecular weight excluding hydrogens is 264 g/mol. The number of fused-ring (bicyclic) bond motifs is 1. The lowest BCUT2D eigenvalue weighted by molar-refractivity contribution is -0.118. The van der Waals surface area contributed by atoms with E-state index in [1.807, 2.05) is 12.1 Å². The van der Waals surface area contributed by atoms with Crippen LogP contribution in [0.4, 0.5) is 5.69 Å². The van der Waals surface area contributed by atoms with E-state index in [2.05, 4.69) is 23.6 Å². The summed E-state index contributed by atoms with van der Waals surface area (Å²) in [5.74, 6) is 2.37. The molecule has 0 bridgehead atoms. The Morgan fingerprint density at radius 3 is 3.14 bits per heavy atom. The first kappa shape index (κ1) is 14.4. The number of hydrogen-bond acceptors (Lipinski definition) is 3. The highest BCUT2D eigenvalue weighted by Gasteiger charge is 2.19. The normalized spacial score (nSPS) is 24.9. The van der Waals surface area contributed by atoms with Crippen molar-refractivity contribution in [3.63, 3.8) is 0 Å². The first-order valence-corrected chi connectivity index (χ1v) is 7.97. The highest BCUT2D eigenvalue weighted by atomic mass is 16.5. The molecule has 1 saturated carbocycles. The Labute approximate surface area is 126 Å². The molecule has 1 aliphatic heterocycles. The van der Waals surface area contributed by atoms with E-state index in [0.29, 0.717) is 0 Å². The molecular formula is C17H24N2O2. The average Bonchev–Trinajstić information content (AvgIpc) is 2.47. The van der Waals surface area contributed by atoms with Gasteiger partial charge in [-0.25, -0.2) is 0 Å². The number of amides is 1. The number of anilines is 1. The van der Waals surface area contributed by atoms with Gasteiger partial charge in [-0.2, -0.15) is 0 Å². The fourth-order valence-corrected chi connectivity index (χ4v) is 3.41. The lowest BCUT2D eigenvalue weighted by Crippen LogP contribution is -2.27. The first-order valence-electron chi connectivity index (χ1n) is 7.97. The SMILES string of the molecule is CC1CCCC(CNCc2ccc3c(c2)NC(=O)CO3)C1. The second kappa shape index (κ2) is 6.48. The predicted molar refractivity (Wildman–Crippen MR) is 83.4 cm³/mol. The fourth-order valence-electron chi connectivity index (χ4n) is 3.41. The molecule has 1 aliphatic carbocycles. The molecule has 21 heavy (non-hydrogen) atoms. The molecule has 0 aromatic heterocycles. The van der Waals surface area contributed by atoms with Gasteiger partial charge in [0.15, 0.2) is 6.61 Å². The van der Waals surface area contributed by atoms with Crippen LogP contribution in [0, 0.1) is 11.8 Å². The molecule has 1 aromatic rings. The van der Waals surface area contributed by atoms with Gasteiger partial charge in [0.2, 0.25) is 0 Å². The molecule has 3 rings (SSSR count). The van der Waals surface area contributed by atoms with Crippen LogP contribution in [0.1, 0.15) is 38.2 Å². The van der Waals surface area contributed by atoms with Crippen molar-refractivity contribution in [1.29, 1.82) is 0 Å². The largest absolute Gasteiger partial charge is 0.482 e. The van der Waals surface area contributed by atoms with Gasteiger partial charge < -0.3 is 15.4 Å². The molecule has 0 spiro atoms. The molecule has 2 atom stereocenters. The smallest absolute Gasteiger partial charge is 0.262 e. The third-order valence-electron chi connectivity index (χ3n) is 4.48. The highest BCUT2D eigenvalue weighted by molar-refractivity contribution is 5.95. The van der Waals surface area contributed by atoms with Gasteiger partial charge in [0, 0.05) is 6.54 Å². The number of carbonyl (C=O) groups is 1. The van der Waals surface area contributed by atoms with Gasteiger partial charge in [-0.1, -0.05) is 25.8 Å². The minimum atomic E-state index is -0.0798. The summed E-state index contributed by atoms with van der Waals surface area (Å²) in [7, 11) is 0. The molecule has 0 saturated heterocycles. The fraction of sp³-hybridized carbons (Fsp3) is 0.588. The van der Waals surface area contributed by atoms with Crippen molar-refractivity contribution in [3.05, 3.63) is 23.8 Å². The second-order valence-corrected chi connectivity index (χ2v) is 6.44. The van der Waals surface area contributed by atoms with E-state index in [1.165, 1.54) is 31.2 Å². The van der Waals surface area contributed by atoms with Crippen LogP contribution in [0.3, 0.4) is 0 Å². The van der Waals surface area contributed by atoms with Gasteiger partial charge in [0.05, 0.1) is 5.69 Å². The summed E-state index contributed by atoms with van der Waals surface area (Å²) in [6.07, 6.45) is 5.46. The van der Waals surface area contributed by atoms with Crippen molar-refractivity contribution in [2.75, 3.05) is 18.5 Å². The topological polar surface area (TPSA) is 50.4 Å². The maximum atomic E-state index is 11.3. The zero-order valence-electron chi connectivity index (χ0n) is 12.7. The molecule has 0 radical (unpaired) electrons. The van der Waals surface area contributed by atoms with E-state index in [0.717, 1.165) is 36.4 Å². The predicted octanol–water partition coefficient (Wildman–Crippen LogP) is 2.93. The van der Waals surface area contributed by atoms with Crippen molar-refractivity contribution in [2.24, 2.45) is 11.8 Å². The Balaban J connectivity index is 1.51. The van der Waals surface area contributed by atoms with E-state index in [9.17, 15) is 4.79 Å². The van der Waals surface area contributed by atoms with Gasteiger partial charge in [-0.15, -0.1) is 0 Å². The standard InChI is InChI=1S/C17H24N2O2/c1-12-3-2-4-13(7-12)9-18-10-14-5-6-16-15(8-14)19-17(20)11-21-16/h5-6,8,12-13,18H,2-4,7,9-11H2,1H3,(H,19,20). The lowest BCUT2D eigenvalue weighted by Gasteiger charge is -2.27. The van der Waals surface area contributed by atoms with Crippen molar-refractivity contribution < 1.29 is 9.53 Å². The minimum Gasteiger partial charge on any atom is -0.482 e. The highest BCUT2D eigenvalue weighted by Crippen LogP contribution is 2.29. The summed E-state index contributed by atoms with van der Waals surface area (Å²) in [5.41, 5.74) is 1.97. The molecule has 1 aromatic carbocycles. The van der Waals surface area contributed by atoms with Crippen LogP contribution in [0.5, 0.6) is 5.75 Å². The number of hydrogen-bond donors (Lipinski definition) is 2. The summed E-state index contributed by atoms with van der Waals surface area (Å²) in [4.78, 5) is 11.3. The van der Waals surface area contributed by atoms with Gasteiger partial charge in [0.25, 0.3) is 5.91 Å². The van der Waals surface area contributed by atoms with Crippen LogP contribution in [0.15, 0.2) is 18.2 Å². The molecule has 1 heterocycles. The molecule has 4 heteroatoms. The number of benzene rings is 1. The van der Waals surface area contributed by atoms with Gasteiger partial charge in [-0.05, 0) is 48.9 Å². The molecule has 114 valence electrons. The molecule has 2 unspecified atom stereocenters. The molecule has 1 fully saturated rings. The van der Waals surface area contributed by atoms with Gasteiger partial charge >= 0.3 is 0 Å². The Hall–Kier alpha value is -1.55. The van der Waals surface area contributed by atoms with Gasteiger partial charge in [0.1, 0.15) is 5.75 Å². The van der Waals surface area contributed by atoms with E-state index in [-0.39, 0.29) is 12.5 Å².